The topological polar surface area (TPSA) is 74.6 Å². The van der Waals surface area contributed by atoms with Crippen LogP contribution in [0.25, 0.3) is 5.69 Å². The fraction of sp³-hybridized carbons (Fsp3) is 0.353. The van der Waals surface area contributed by atoms with Crippen molar-refractivity contribution >= 4 is 17.7 Å². The summed E-state index contributed by atoms with van der Waals surface area (Å²) in [5, 5.41) is 3.73. The van der Waals surface area contributed by atoms with Gasteiger partial charge in [0, 0.05) is 22.4 Å². The lowest BCUT2D eigenvalue weighted by Gasteiger charge is -2.28. The number of likely N-dealkylation sites (N-methyl/N-ethyl adjacent to an activating group) is 1. The van der Waals surface area contributed by atoms with Gasteiger partial charge in [-0.1, -0.05) is 31.7 Å². The highest BCUT2D eigenvalue weighted by Gasteiger charge is 2.30. The van der Waals surface area contributed by atoms with Crippen LogP contribution in [0.15, 0.2) is 78.1 Å². The van der Waals surface area contributed by atoms with Crippen LogP contribution in [0.5, 0.6) is 17.2 Å². The third-order valence-corrected chi connectivity index (χ3v) is 8.24. The first-order valence-electron chi connectivity index (χ1n) is 14.4. The van der Waals surface area contributed by atoms with Crippen molar-refractivity contribution in [3.63, 3.8) is 0 Å². The highest BCUT2D eigenvalue weighted by molar-refractivity contribution is 7.99. The number of thioether (sulfide) groups is 1. The molecule has 1 amide bonds. The zero-order valence-corrected chi connectivity index (χ0v) is 28.5. The van der Waals surface area contributed by atoms with E-state index in [4.69, 9.17) is 19.2 Å². The maximum absolute atomic E-state index is 13.9. The van der Waals surface area contributed by atoms with Gasteiger partial charge < -0.3 is 36.4 Å². The molecule has 1 aromatic heterocycles. The largest absolute Gasteiger partial charge is 1.00 e. The van der Waals surface area contributed by atoms with E-state index in [1.165, 1.54) is 12.1 Å². The quantitative estimate of drug-likeness (QED) is 0.128. The van der Waals surface area contributed by atoms with Gasteiger partial charge in [-0.25, -0.2) is 9.37 Å². The smallest absolute Gasteiger partial charge is 0.251 e. The number of hydrogen-bond donors (Lipinski definition) is 1. The Bertz CT molecular complexity index is 1550. The molecule has 0 saturated carbocycles. The molecular weight excluding hydrogens is 615 g/mol. The average molecular weight is 657 g/mol. The number of carbonyl (C=O) groups excluding carboxylic acids is 1. The van der Waals surface area contributed by atoms with Crippen molar-refractivity contribution in [2.24, 2.45) is 0 Å². The van der Waals surface area contributed by atoms with Gasteiger partial charge in [0.25, 0.3) is 5.91 Å². The predicted molar refractivity (Wildman–Crippen MR) is 173 cm³/mol. The number of nitrogens with one attached hydrogen (secondary N) is 1. The first-order chi connectivity index (χ1) is 20.9. The van der Waals surface area contributed by atoms with Gasteiger partial charge in [0.1, 0.15) is 11.6 Å². The molecule has 0 aliphatic carbocycles. The number of rotatable bonds is 14. The first-order valence-corrected chi connectivity index (χ1v) is 15.4. The first kappa shape index (κ1) is 35.7. The summed E-state index contributed by atoms with van der Waals surface area (Å²) in [5.74, 6) is 2.22. The number of aromatic nitrogens is 2. The molecule has 4 aromatic rings. The third kappa shape index (κ3) is 9.15. The second kappa shape index (κ2) is 15.5. The number of halogens is 2. The Morgan fingerprint density at radius 2 is 1.64 bits per heavy atom. The number of nitrogens with zero attached hydrogens (tertiary/aromatic N) is 3. The van der Waals surface area contributed by atoms with Gasteiger partial charge in [-0.2, -0.15) is 0 Å². The van der Waals surface area contributed by atoms with E-state index < -0.39 is 5.41 Å². The minimum Gasteiger partial charge on any atom is -1.00 e. The Balaban J connectivity index is 0.00000552. The van der Waals surface area contributed by atoms with Crippen LogP contribution in [0, 0.1) is 5.82 Å². The molecule has 0 aliphatic heterocycles. The van der Waals surface area contributed by atoms with E-state index in [2.05, 4.69) is 44.9 Å². The molecule has 0 atom stereocenters. The molecule has 242 valence electrons. The number of benzene rings is 3. The normalized spacial score (nSPS) is 11.5. The van der Waals surface area contributed by atoms with E-state index in [0.717, 1.165) is 33.1 Å². The van der Waals surface area contributed by atoms with Crippen LogP contribution in [0.1, 0.15) is 35.5 Å². The van der Waals surface area contributed by atoms with E-state index >= 15 is 0 Å². The molecule has 3 aromatic carbocycles. The van der Waals surface area contributed by atoms with Crippen molar-refractivity contribution in [1.29, 1.82) is 0 Å². The molecule has 0 spiro atoms. The summed E-state index contributed by atoms with van der Waals surface area (Å²) in [4.78, 5) is 17.2. The molecule has 0 unspecified atom stereocenters. The van der Waals surface area contributed by atoms with Gasteiger partial charge in [-0.15, -0.1) is 0 Å². The van der Waals surface area contributed by atoms with E-state index in [1.807, 2.05) is 36.5 Å². The molecule has 1 N–H and O–H groups in total. The number of ether oxygens (including phenoxy) is 3. The number of quaternary nitrogens is 1. The molecule has 0 radical (unpaired) electrons. The summed E-state index contributed by atoms with van der Waals surface area (Å²) in [7, 11) is 9.50. The zero-order chi connectivity index (χ0) is 31.9. The number of hydrogen-bond acceptors (Lipinski definition) is 6. The summed E-state index contributed by atoms with van der Waals surface area (Å²) in [6.07, 6.45) is 1.87. The molecule has 0 fully saturated rings. The molecule has 0 aliphatic rings. The zero-order valence-electron chi connectivity index (χ0n) is 26.9. The molecule has 0 bridgehead atoms. The molecule has 45 heavy (non-hydrogen) atoms. The van der Waals surface area contributed by atoms with E-state index in [0.29, 0.717) is 41.7 Å². The Labute approximate surface area is 275 Å². The van der Waals surface area contributed by atoms with Crippen molar-refractivity contribution in [3.8, 4) is 22.9 Å². The fourth-order valence-corrected chi connectivity index (χ4v) is 5.50. The Morgan fingerprint density at radius 1 is 0.978 bits per heavy atom. The van der Waals surface area contributed by atoms with Crippen LogP contribution in [0.4, 0.5) is 4.39 Å². The van der Waals surface area contributed by atoms with Gasteiger partial charge >= 0.3 is 0 Å². The standard InChI is InChI=1S/C34H41FN4O4S.ClH/c1-34(2,25-10-17-29(41-6)30(22-25)42-7)31-23-37-33(38(31)27-13-11-26(35)12-14-27)44-21-20-43-28-15-8-24(9-16-28)32(40)36-18-19-39(3,4)5;/h8-17,22-23H,18-21H2,1-7H3;1H. The average Bonchev–Trinajstić information content (AvgIpc) is 3.43. The highest BCUT2D eigenvalue weighted by atomic mass is 35.5. The monoisotopic (exact) mass is 656 g/mol. The second-order valence-corrected chi connectivity index (χ2v) is 13.0. The maximum atomic E-state index is 13.9. The Hall–Kier alpha value is -3.73. The van der Waals surface area contributed by atoms with E-state index in [-0.39, 0.29) is 24.1 Å². The van der Waals surface area contributed by atoms with Crippen LogP contribution in [0.3, 0.4) is 0 Å². The van der Waals surface area contributed by atoms with Crippen molar-refractivity contribution in [1.82, 2.24) is 14.9 Å². The molecular formula is C34H42ClFN4O4S. The van der Waals surface area contributed by atoms with Gasteiger partial charge in [0.2, 0.25) is 0 Å². The minimum atomic E-state index is -0.476. The molecule has 11 heteroatoms. The number of amides is 1. The fourth-order valence-electron chi connectivity index (χ4n) is 4.69. The molecule has 8 nitrogen and oxygen atoms in total. The summed E-state index contributed by atoms with van der Waals surface area (Å²) < 4.78 is 33.7. The summed E-state index contributed by atoms with van der Waals surface area (Å²) in [6, 6.07) is 19.5. The summed E-state index contributed by atoms with van der Waals surface area (Å²) >= 11 is 1.55. The summed E-state index contributed by atoms with van der Waals surface area (Å²) in [6.45, 7) is 6.13. The second-order valence-electron chi connectivity index (χ2n) is 11.9. The van der Waals surface area contributed by atoms with Crippen LogP contribution < -0.4 is 31.9 Å². The maximum Gasteiger partial charge on any atom is 0.251 e. The molecule has 1 heterocycles. The number of imidazole rings is 1. The van der Waals surface area contributed by atoms with Crippen molar-refractivity contribution in [2.45, 2.75) is 24.4 Å². The van der Waals surface area contributed by atoms with Gasteiger partial charge in [-0.3, -0.25) is 9.36 Å². The number of carbonyl (C=O) groups is 1. The lowest BCUT2D eigenvalue weighted by atomic mass is 9.81. The Morgan fingerprint density at radius 3 is 2.27 bits per heavy atom. The lowest BCUT2D eigenvalue weighted by Crippen LogP contribution is -3.00. The predicted octanol–water partition coefficient (Wildman–Crippen LogP) is 2.97. The summed E-state index contributed by atoms with van der Waals surface area (Å²) in [5.41, 5.74) is 2.89. The van der Waals surface area contributed by atoms with Crippen molar-refractivity contribution in [2.75, 3.05) is 60.8 Å². The Kier molecular flexibility index (Phi) is 12.3. The molecule has 4 rings (SSSR count). The van der Waals surface area contributed by atoms with Gasteiger partial charge in [-0.05, 0) is 66.2 Å². The van der Waals surface area contributed by atoms with Crippen LogP contribution in [-0.4, -0.2) is 80.8 Å². The van der Waals surface area contributed by atoms with Crippen LogP contribution in [-0.2, 0) is 5.41 Å². The lowest BCUT2D eigenvalue weighted by molar-refractivity contribution is -0.869. The SMILES string of the molecule is COc1ccc(C(C)(C)c2cnc(SCCOc3ccc(C(=O)NCC[N+](C)(C)C)cc3)n2-c2ccc(F)cc2)cc1OC.[Cl-]. The minimum absolute atomic E-state index is 0. The van der Waals surface area contributed by atoms with Gasteiger partial charge in [0.15, 0.2) is 16.7 Å². The van der Waals surface area contributed by atoms with Crippen LogP contribution >= 0.6 is 11.8 Å². The van der Waals surface area contributed by atoms with E-state index in [9.17, 15) is 9.18 Å². The van der Waals surface area contributed by atoms with E-state index in [1.54, 1.807) is 50.2 Å². The number of methoxy groups -OCH3 is 2. The van der Waals surface area contributed by atoms with Gasteiger partial charge in [0.05, 0.1) is 66.9 Å². The molecule has 0 saturated heterocycles. The highest BCUT2D eigenvalue weighted by Crippen LogP contribution is 2.39. The third-order valence-electron chi connectivity index (χ3n) is 7.33. The van der Waals surface area contributed by atoms with Crippen LogP contribution in [0.2, 0.25) is 0 Å². The van der Waals surface area contributed by atoms with Crippen molar-refractivity contribution in [3.05, 3.63) is 95.6 Å². The van der Waals surface area contributed by atoms with Crippen molar-refractivity contribution < 1.29 is 40.3 Å².